The molecular formula is C41H44N2O5SSi. The van der Waals surface area contributed by atoms with Gasteiger partial charge in [0.25, 0.3) is 14.2 Å². The van der Waals surface area contributed by atoms with Gasteiger partial charge in [0.15, 0.2) is 0 Å². The third-order valence-electron chi connectivity index (χ3n) is 8.37. The highest BCUT2D eigenvalue weighted by molar-refractivity contribution is 7.10. The molecule has 0 saturated carbocycles. The molecule has 0 saturated heterocycles. The van der Waals surface area contributed by atoms with Gasteiger partial charge in [-0.05, 0) is 63.3 Å². The molecule has 0 fully saturated rings. The van der Waals surface area contributed by atoms with Crippen LogP contribution in [0.4, 0.5) is 5.69 Å². The Labute approximate surface area is 300 Å². The lowest BCUT2D eigenvalue weighted by molar-refractivity contribution is 0.0600. The van der Waals surface area contributed by atoms with Crippen LogP contribution in [0.2, 0.25) is 5.04 Å². The number of methoxy groups -OCH3 is 1. The fraction of sp³-hybridized carbons (Fsp3) is 0.244. The Kier molecular flexibility index (Phi) is 11.8. The number of hydrogen-bond donors (Lipinski definition) is 1. The first kappa shape index (κ1) is 36.4. The van der Waals surface area contributed by atoms with Crippen LogP contribution in [0.15, 0.2) is 109 Å². The molecule has 0 aliphatic rings. The molecule has 1 amide bonds. The molecule has 5 aromatic rings. The number of carbonyl (C=O) groups is 2. The molecule has 0 radical (unpaired) electrons. The Hall–Kier alpha value is -4.83. The van der Waals surface area contributed by atoms with Gasteiger partial charge in [-0.25, -0.2) is 9.78 Å². The zero-order valence-electron chi connectivity index (χ0n) is 29.4. The number of benzene rings is 4. The topological polar surface area (TPSA) is 86.8 Å². The van der Waals surface area contributed by atoms with Crippen LogP contribution in [0.3, 0.4) is 0 Å². The summed E-state index contributed by atoms with van der Waals surface area (Å²) in [4.78, 5) is 30.8. The molecule has 7 nitrogen and oxygen atoms in total. The monoisotopic (exact) mass is 704 g/mol. The average Bonchev–Trinajstić information content (AvgIpc) is 3.60. The third-order valence-corrected chi connectivity index (χ3v) is 14.2. The maximum atomic E-state index is 13.5. The van der Waals surface area contributed by atoms with Crippen LogP contribution in [-0.2, 0) is 9.16 Å². The van der Waals surface area contributed by atoms with Crippen LogP contribution in [-0.4, -0.2) is 45.5 Å². The van der Waals surface area contributed by atoms with Gasteiger partial charge in [-0.3, -0.25) is 4.79 Å². The minimum absolute atomic E-state index is 0.184. The Balaban J connectivity index is 1.32. The summed E-state index contributed by atoms with van der Waals surface area (Å²) in [6.45, 7) is 11.4. The predicted octanol–water partition coefficient (Wildman–Crippen LogP) is 8.43. The standard InChI is InChI=1S/C41H44N2O5SSi/c1-29(2)37-28-49-38(43-37)21-20-30-14-13-15-33(24-30)42-39(44)31-25-32(40(45)46-6)27-34(26-31)47-22-23-48-50(41(3,4)5,35-16-9-7-10-17-35)36-18-11-8-12-19-36/h7-21,24-29H,22-23H2,1-6H3,(H,42,44)/b21-20+. The Morgan fingerprint density at radius 3 is 2.10 bits per heavy atom. The van der Waals surface area contributed by atoms with E-state index in [1.165, 1.54) is 23.5 Å². The van der Waals surface area contributed by atoms with Crippen molar-refractivity contribution in [1.82, 2.24) is 4.98 Å². The van der Waals surface area contributed by atoms with E-state index in [1.54, 1.807) is 23.5 Å². The van der Waals surface area contributed by atoms with Gasteiger partial charge in [0.2, 0.25) is 0 Å². The molecule has 0 bridgehead atoms. The van der Waals surface area contributed by atoms with Crippen LogP contribution in [0.5, 0.6) is 5.75 Å². The van der Waals surface area contributed by atoms with E-state index in [9.17, 15) is 9.59 Å². The van der Waals surface area contributed by atoms with E-state index >= 15 is 0 Å². The van der Waals surface area contributed by atoms with Crippen LogP contribution in [0, 0.1) is 0 Å². The van der Waals surface area contributed by atoms with E-state index in [0.29, 0.717) is 24.0 Å². The molecule has 258 valence electrons. The Morgan fingerprint density at radius 1 is 0.840 bits per heavy atom. The number of esters is 1. The summed E-state index contributed by atoms with van der Waals surface area (Å²) >= 11 is 1.60. The fourth-order valence-corrected chi connectivity index (χ4v) is 11.3. The number of nitrogens with one attached hydrogen (secondary N) is 1. The van der Waals surface area contributed by atoms with Gasteiger partial charge >= 0.3 is 5.97 Å². The number of aromatic nitrogens is 1. The third kappa shape index (κ3) is 8.66. The Morgan fingerprint density at radius 2 is 1.50 bits per heavy atom. The molecule has 1 N–H and O–H groups in total. The molecular weight excluding hydrogens is 661 g/mol. The first-order valence-electron chi connectivity index (χ1n) is 16.7. The fourth-order valence-electron chi connectivity index (χ4n) is 5.90. The maximum absolute atomic E-state index is 13.5. The molecule has 50 heavy (non-hydrogen) atoms. The van der Waals surface area contributed by atoms with Gasteiger partial charge in [-0.1, -0.05) is 113 Å². The summed E-state index contributed by atoms with van der Waals surface area (Å²) < 4.78 is 18.1. The molecule has 4 aromatic carbocycles. The van der Waals surface area contributed by atoms with Crippen molar-refractivity contribution < 1.29 is 23.5 Å². The first-order chi connectivity index (χ1) is 24.0. The van der Waals surface area contributed by atoms with Gasteiger partial charge in [-0.15, -0.1) is 11.3 Å². The second-order valence-corrected chi connectivity index (χ2v) is 18.5. The number of carbonyl (C=O) groups excluding carboxylic acids is 2. The van der Waals surface area contributed by atoms with E-state index < -0.39 is 14.3 Å². The molecule has 1 aromatic heterocycles. The molecule has 9 heteroatoms. The van der Waals surface area contributed by atoms with Crippen LogP contribution in [0.25, 0.3) is 12.2 Å². The molecule has 0 unspecified atom stereocenters. The molecule has 0 atom stereocenters. The largest absolute Gasteiger partial charge is 0.491 e. The van der Waals surface area contributed by atoms with E-state index in [0.717, 1.165) is 16.3 Å². The lowest BCUT2D eigenvalue weighted by Gasteiger charge is -2.43. The first-order valence-corrected chi connectivity index (χ1v) is 19.4. The minimum atomic E-state index is -2.75. The van der Waals surface area contributed by atoms with Crippen LogP contribution in [0.1, 0.15) is 77.5 Å². The van der Waals surface area contributed by atoms with Gasteiger partial charge in [0.05, 0.1) is 25.0 Å². The van der Waals surface area contributed by atoms with Crippen molar-refractivity contribution in [2.24, 2.45) is 0 Å². The normalized spacial score (nSPS) is 11.9. The summed E-state index contributed by atoms with van der Waals surface area (Å²) in [7, 11) is -1.45. The zero-order chi connectivity index (χ0) is 35.7. The van der Waals surface area contributed by atoms with Crippen molar-refractivity contribution >= 4 is 59.7 Å². The van der Waals surface area contributed by atoms with Crippen molar-refractivity contribution in [1.29, 1.82) is 0 Å². The summed E-state index contributed by atoms with van der Waals surface area (Å²) in [6, 6.07) is 33.1. The second-order valence-electron chi connectivity index (χ2n) is 13.3. The number of amides is 1. The summed E-state index contributed by atoms with van der Waals surface area (Å²) in [6.07, 6.45) is 3.94. The lowest BCUT2D eigenvalue weighted by Crippen LogP contribution is -2.66. The number of rotatable bonds is 13. The van der Waals surface area contributed by atoms with Crippen molar-refractivity contribution in [3.05, 3.63) is 136 Å². The SMILES string of the molecule is COC(=O)c1cc(OCCO[Si](c2ccccc2)(c2ccccc2)C(C)(C)C)cc(C(=O)Nc2cccc(/C=C/c3nc(C(C)C)cs3)c2)c1. The Bertz CT molecular complexity index is 1890. The van der Waals surface area contributed by atoms with Gasteiger partial charge in [-0.2, -0.15) is 0 Å². The van der Waals surface area contributed by atoms with Crippen molar-refractivity contribution in [2.45, 2.75) is 45.6 Å². The van der Waals surface area contributed by atoms with Crippen LogP contribution < -0.4 is 20.4 Å². The van der Waals surface area contributed by atoms with Gasteiger partial charge in [0.1, 0.15) is 17.4 Å². The number of hydrogen-bond acceptors (Lipinski definition) is 7. The second kappa shape index (κ2) is 16.2. The van der Waals surface area contributed by atoms with Crippen molar-refractivity contribution in [3.8, 4) is 5.75 Å². The van der Waals surface area contributed by atoms with E-state index in [-0.39, 0.29) is 28.7 Å². The molecule has 5 rings (SSSR count). The summed E-state index contributed by atoms with van der Waals surface area (Å²) in [5.41, 5.74) is 3.07. The van der Waals surface area contributed by atoms with Gasteiger partial charge in [0, 0.05) is 16.6 Å². The maximum Gasteiger partial charge on any atom is 0.338 e. The van der Waals surface area contributed by atoms with E-state index in [4.69, 9.17) is 13.9 Å². The summed E-state index contributed by atoms with van der Waals surface area (Å²) in [5, 5.41) is 8.12. The number of ether oxygens (including phenoxy) is 2. The number of thiazole rings is 1. The minimum Gasteiger partial charge on any atom is -0.491 e. The molecule has 0 aliphatic heterocycles. The summed E-state index contributed by atoms with van der Waals surface area (Å²) in [5.74, 6) is -0.211. The number of anilines is 1. The highest BCUT2D eigenvalue weighted by Crippen LogP contribution is 2.36. The lowest BCUT2D eigenvalue weighted by atomic mass is 10.1. The average molecular weight is 705 g/mol. The highest BCUT2D eigenvalue weighted by Gasteiger charge is 2.50. The van der Waals surface area contributed by atoms with Crippen molar-refractivity contribution in [3.63, 3.8) is 0 Å². The smallest absolute Gasteiger partial charge is 0.338 e. The van der Waals surface area contributed by atoms with E-state index in [1.807, 2.05) is 72.8 Å². The van der Waals surface area contributed by atoms with Crippen LogP contribution >= 0.6 is 11.3 Å². The van der Waals surface area contributed by atoms with E-state index in [2.05, 4.69) is 74.6 Å². The molecule has 0 aliphatic carbocycles. The molecule has 1 heterocycles. The highest BCUT2D eigenvalue weighted by atomic mass is 32.1. The number of nitrogens with zero attached hydrogens (tertiary/aromatic N) is 1. The molecule has 0 spiro atoms. The quantitative estimate of drug-likeness (QED) is 0.0753. The zero-order valence-corrected chi connectivity index (χ0v) is 31.3. The van der Waals surface area contributed by atoms with Gasteiger partial charge < -0.3 is 19.2 Å². The van der Waals surface area contributed by atoms with Crippen molar-refractivity contribution in [2.75, 3.05) is 25.6 Å². The predicted molar refractivity (Wildman–Crippen MR) is 206 cm³/mol.